The molecule has 4 aliphatic rings. The third-order valence-electron chi connectivity index (χ3n) is 8.53. The first kappa shape index (κ1) is 21.0. The number of Topliss-reactive ketones (excluding diaryl/α,β-unsaturated/α-hetero) is 1. The maximum Gasteiger partial charge on any atom is 0.143 e. The van der Waals surface area contributed by atoms with Crippen LogP contribution >= 0.6 is 0 Å². The number of allylic oxidation sites excluding steroid dienone is 1. The van der Waals surface area contributed by atoms with Gasteiger partial charge in [0.15, 0.2) is 0 Å². The van der Waals surface area contributed by atoms with Gasteiger partial charge in [0.05, 0.1) is 6.10 Å². The van der Waals surface area contributed by atoms with Gasteiger partial charge in [0.1, 0.15) is 5.78 Å². The van der Waals surface area contributed by atoms with Crippen LogP contribution in [0.4, 0.5) is 0 Å². The maximum atomic E-state index is 13.2. The molecule has 0 radical (unpaired) electrons. The molecule has 0 spiro atoms. The van der Waals surface area contributed by atoms with Crippen LogP contribution in [-0.2, 0) is 4.79 Å². The zero-order valence-electron chi connectivity index (χ0n) is 18.4. The zero-order valence-corrected chi connectivity index (χ0v) is 18.4. The second-order valence-corrected chi connectivity index (χ2v) is 10.2. The summed E-state index contributed by atoms with van der Waals surface area (Å²) in [6.45, 7) is 9.64. The second-order valence-electron chi connectivity index (χ2n) is 10.2. The number of hydrogen-bond donors (Lipinski definition) is 1. The van der Waals surface area contributed by atoms with E-state index in [2.05, 4.69) is 38.9 Å². The predicted molar refractivity (Wildman–Crippen MR) is 111 cm³/mol. The van der Waals surface area contributed by atoms with Crippen LogP contribution in [-0.4, -0.2) is 42.5 Å². The SMILES string of the molecule is CC.CN(C)CC1CC2C3CC=C4C[C@@H](O)CC[C@]4(C)C3CC[C@]2(C)C1=O. The molecule has 3 heteroatoms. The fraction of sp³-hybridized carbons (Fsp3) is 0.875. The number of aliphatic hydroxyl groups is 1. The van der Waals surface area contributed by atoms with Crippen LogP contribution in [0.5, 0.6) is 0 Å². The Labute approximate surface area is 166 Å². The molecular formula is C24H41NO2. The van der Waals surface area contributed by atoms with Gasteiger partial charge in [-0.1, -0.05) is 39.3 Å². The average molecular weight is 376 g/mol. The van der Waals surface area contributed by atoms with E-state index in [0.717, 1.165) is 45.1 Å². The van der Waals surface area contributed by atoms with E-state index in [-0.39, 0.29) is 22.9 Å². The third kappa shape index (κ3) is 3.33. The van der Waals surface area contributed by atoms with Gasteiger partial charge in [0.2, 0.25) is 0 Å². The molecule has 7 atom stereocenters. The summed E-state index contributed by atoms with van der Waals surface area (Å²) in [6, 6.07) is 0. The van der Waals surface area contributed by atoms with Gasteiger partial charge in [0, 0.05) is 17.9 Å². The maximum absolute atomic E-state index is 13.2. The van der Waals surface area contributed by atoms with Crippen molar-refractivity contribution in [2.45, 2.75) is 78.7 Å². The van der Waals surface area contributed by atoms with E-state index in [1.165, 1.54) is 12.0 Å². The van der Waals surface area contributed by atoms with Gasteiger partial charge in [-0.15, -0.1) is 0 Å². The Bertz CT molecular complexity index is 597. The zero-order chi connectivity index (χ0) is 20.0. The molecule has 3 fully saturated rings. The molecule has 0 amide bonds. The van der Waals surface area contributed by atoms with E-state index in [0.29, 0.717) is 23.5 Å². The van der Waals surface area contributed by atoms with Gasteiger partial charge in [0.25, 0.3) is 0 Å². The van der Waals surface area contributed by atoms with Crippen molar-refractivity contribution in [2.24, 2.45) is 34.5 Å². The van der Waals surface area contributed by atoms with Gasteiger partial charge < -0.3 is 10.0 Å². The lowest BCUT2D eigenvalue weighted by Gasteiger charge is -2.56. The molecule has 0 saturated heterocycles. The molecule has 4 rings (SSSR count). The van der Waals surface area contributed by atoms with E-state index >= 15 is 0 Å². The fourth-order valence-corrected chi connectivity index (χ4v) is 7.18. The Morgan fingerprint density at radius 2 is 1.78 bits per heavy atom. The highest BCUT2D eigenvalue weighted by atomic mass is 16.3. The predicted octanol–water partition coefficient (Wildman–Crippen LogP) is 4.69. The molecule has 1 N–H and O–H groups in total. The summed E-state index contributed by atoms with van der Waals surface area (Å²) in [5, 5.41) is 10.1. The van der Waals surface area contributed by atoms with Crippen molar-refractivity contribution in [2.75, 3.05) is 20.6 Å². The molecule has 27 heavy (non-hydrogen) atoms. The number of nitrogens with zero attached hydrogens (tertiary/aromatic N) is 1. The second kappa shape index (κ2) is 7.63. The minimum Gasteiger partial charge on any atom is -0.393 e. The summed E-state index contributed by atoms with van der Waals surface area (Å²) < 4.78 is 0. The van der Waals surface area contributed by atoms with Crippen molar-refractivity contribution in [3.8, 4) is 0 Å². The molecular weight excluding hydrogens is 334 g/mol. The van der Waals surface area contributed by atoms with Gasteiger partial charge >= 0.3 is 0 Å². The number of carbonyl (C=O) groups excluding carboxylic acids is 1. The highest BCUT2D eigenvalue weighted by Crippen LogP contribution is 2.64. The average Bonchev–Trinajstić information content (AvgIpc) is 2.88. The normalized spacial score (nSPS) is 46.0. The monoisotopic (exact) mass is 375 g/mol. The smallest absolute Gasteiger partial charge is 0.143 e. The first-order valence-electron chi connectivity index (χ1n) is 11.3. The summed E-state index contributed by atoms with van der Waals surface area (Å²) in [5.74, 6) is 2.71. The molecule has 0 bridgehead atoms. The minimum atomic E-state index is -0.137. The highest BCUT2D eigenvalue weighted by Gasteiger charge is 2.60. The Hall–Kier alpha value is -0.670. The summed E-state index contributed by atoms with van der Waals surface area (Å²) >= 11 is 0. The third-order valence-corrected chi connectivity index (χ3v) is 8.53. The quantitative estimate of drug-likeness (QED) is 0.712. The summed E-state index contributed by atoms with van der Waals surface area (Å²) in [5.41, 5.74) is 1.70. The molecule has 4 unspecified atom stereocenters. The molecule has 154 valence electrons. The van der Waals surface area contributed by atoms with Gasteiger partial charge in [-0.2, -0.15) is 0 Å². The van der Waals surface area contributed by atoms with E-state index in [1.54, 1.807) is 0 Å². The number of rotatable bonds is 2. The van der Waals surface area contributed by atoms with Crippen molar-refractivity contribution in [3.63, 3.8) is 0 Å². The van der Waals surface area contributed by atoms with Crippen molar-refractivity contribution < 1.29 is 9.90 Å². The van der Waals surface area contributed by atoms with Crippen molar-refractivity contribution in [3.05, 3.63) is 11.6 Å². The molecule has 3 nitrogen and oxygen atoms in total. The first-order chi connectivity index (χ1) is 12.8. The Balaban J connectivity index is 0.00000102. The van der Waals surface area contributed by atoms with Crippen LogP contribution in [0.1, 0.15) is 72.6 Å². The number of aliphatic hydroxyl groups excluding tert-OH is 1. The fourth-order valence-electron chi connectivity index (χ4n) is 7.18. The van der Waals surface area contributed by atoms with Crippen LogP contribution in [0.2, 0.25) is 0 Å². The van der Waals surface area contributed by atoms with Crippen LogP contribution in [0.25, 0.3) is 0 Å². The standard InChI is InChI=1S/C22H35NO2.C2H6/c1-21-9-7-16(24)12-15(21)5-6-17-18(21)8-10-22(2)19(17)11-14(20(22)25)13-23(3)4;1-2/h5,14,16-19,24H,6-13H2,1-4H3;1-2H3/t14?,16-,17?,18?,19?,21-,22-;/m0./s1. The highest BCUT2D eigenvalue weighted by molar-refractivity contribution is 5.89. The lowest BCUT2D eigenvalue weighted by Crippen LogP contribution is -2.50. The van der Waals surface area contributed by atoms with Gasteiger partial charge in [-0.05, 0) is 82.2 Å². The molecule has 0 aliphatic heterocycles. The van der Waals surface area contributed by atoms with E-state index < -0.39 is 0 Å². The van der Waals surface area contributed by atoms with Crippen molar-refractivity contribution >= 4 is 5.78 Å². The Morgan fingerprint density at radius 3 is 2.44 bits per heavy atom. The largest absolute Gasteiger partial charge is 0.393 e. The number of ketones is 1. The van der Waals surface area contributed by atoms with Crippen LogP contribution in [0.3, 0.4) is 0 Å². The van der Waals surface area contributed by atoms with Gasteiger partial charge in [-0.3, -0.25) is 4.79 Å². The number of fused-ring (bicyclic) bond motifs is 5. The van der Waals surface area contributed by atoms with Crippen LogP contribution in [0.15, 0.2) is 11.6 Å². The lowest BCUT2D eigenvalue weighted by molar-refractivity contribution is -0.134. The number of carbonyl (C=O) groups is 1. The molecule has 0 heterocycles. The van der Waals surface area contributed by atoms with E-state index in [4.69, 9.17) is 0 Å². The van der Waals surface area contributed by atoms with Crippen molar-refractivity contribution in [1.29, 1.82) is 0 Å². The molecule has 0 aromatic heterocycles. The summed E-state index contributed by atoms with van der Waals surface area (Å²) in [6.07, 6.45) is 9.77. The van der Waals surface area contributed by atoms with Crippen LogP contribution < -0.4 is 0 Å². The summed E-state index contributed by atoms with van der Waals surface area (Å²) in [4.78, 5) is 15.4. The Kier molecular flexibility index (Phi) is 5.95. The molecule has 4 aliphatic carbocycles. The van der Waals surface area contributed by atoms with E-state index in [9.17, 15) is 9.90 Å². The topological polar surface area (TPSA) is 40.5 Å². The number of hydrogen-bond acceptors (Lipinski definition) is 3. The van der Waals surface area contributed by atoms with Crippen molar-refractivity contribution in [1.82, 2.24) is 4.90 Å². The minimum absolute atomic E-state index is 0.0856. The molecule has 0 aromatic rings. The summed E-state index contributed by atoms with van der Waals surface area (Å²) in [7, 11) is 4.18. The molecule has 3 saturated carbocycles. The van der Waals surface area contributed by atoms with Gasteiger partial charge in [-0.25, -0.2) is 0 Å². The van der Waals surface area contributed by atoms with E-state index in [1.807, 2.05) is 13.8 Å². The Morgan fingerprint density at radius 1 is 1.11 bits per heavy atom. The van der Waals surface area contributed by atoms with Crippen LogP contribution in [0, 0.1) is 34.5 Å². The first-order valence-corrected chi connectivity index (χ1v) is 11.3. The lowest BCUT2D eigenvalue weighted by atomic mass is 9.48. The molecule has 0 aromatic carbocycles.